The molecule has 11 heteroatoms. The molecule has 194 valence electrons. The van der Waals surface area contributed by atoms with Gasteiger partial charge in [0.05, 0.1) is 25.7 Å². The third kappa shape index (κ3) is 3.23. The number of esters is 1. The van der Waals surface area contributed by atoms with E-state index in [1.54, 1.807) is 30.3 Å². The van der Waals surface area contributed by atoms with Crippen LogP contribution in [0.5, 0.6) is 11.6 Å². The number of hydrogen-bond acceptors (Lipinski definition) is 8. The maximum Gasteiger partial charge on any atom is 0.312 e. The molecule has 1 aliphatic heterocycles. The van der Waals surface area contributed by atoms with E-state index in [2.05, 4.69) is 4.98 Å². The quantitative estimate of drug-likeness (QED) is 0.259. The van der Waals surface area contributed by atoms with Crippen molar-refractivity contribution in [2.24, 2.45) is 5.92 Å². The molecule has 0 amide bonds. The lowest BCUT2D eigenvalue weighted by molar-refractivity contribution is -0.342. The minimum absolute atomic E-state index is 0.00743. The first kappa shape index (κ1) is 25.3. The van der Waals surface area contributed by atoms with Crippen molar-refractivity contribution >= 4 is 17.6 Å². The van der Waals surface area contributed by atoms with E-state index in [9.17, 15) is 28.9 Å². The smallest absolute Gasteiger partial charge is 0.312 e. The van der Waals surface area contributed by atoms with Crippen molar-refractivity contribution in [2.75, 3.05) is 14.2 Å². The normalized spacial score (nSPS) is 27.4. The van der Waals surface area contributed by atoms with E-state index in [4.69, 9.17) is 25.8 Å². The summed E-state index contributed by atoms with van der Waals surface area (Å²) in [5.41, 5.74) is -5.42. The summed E-state index contributed by atoms with van der Waals surface area (Å²) in [5.74, 6) is -7.64. The lowest BCUT2D eigenvalue weighted by Gasteiger charge is -2.49. The number of hydrogen-bond donors (Lipinski definition) is 3. The van der Waals surface area contributed by atoms with Gasteiger partial charge in [0.15, 0.2) is 11.2 Å². The van der Waals surface area contributed by atoms with E-state index >= 15 is 0 Å². The summed E-state index contributed by atoms with van der Waals surface area (Å²) >= 11 is 6.17. The predicted molar refractivity (Wildman–Crippen MR) is 125 cm³/mol. The molecule has 3 N–H and O–H groups in total. The van der Waals surface area contributed by atoms with Crippen LogP contribution in [-0.4, -0.2) is 46.3 Å². The molecule has 0 spiro atoms. The lowest BCUT2D eigenvalue weighted by atomic mass is 9.74. The van der Waals surface area contributed by atoms with Crippen molar-refractivity contribution in [2.45, 2.75) is 29.3 Å². The summed E-state index contributed by atoms with van der Waals surface area (Å²) in [6, 6.07) is 14.1. The molecule has 3 aromatic rings. The van der Waals surface area contributed by atoms with Crippen LogP contribution in [0.25, 0.3) is 0 Å². The van der Waals surface area contributed by atoms with E-state index in [0.29, 0.717) is 5.56 Å². The van der Waals surface area contributed by atoms with Crippen LogP contribution in [0.3, 0.4) is 0 Å². The topological polar surface area (TPSA) is 118 Å². The Morgan fingerprint density at radius 1 is 1.08 bits per heavy atom. The Hall–Kier alpha value is -3.31. The Morgan fingerprint density at radius 3 is 2.30 bits per heavy atom. The Morgan fingerprint density at radius 2 is 1.73 bits per heavy atom. The SMILES string of the molecule is COC(=O)[C@H]1[C@@H](c2ccccc2)C2(c3ccc(C(F)F)cc3)Oc3nc(Cl)cc(OC)c3[C@@]1(O)C2(O)O. The molecule has 2 aliphatic rings. The van der Waals surface area contributed by atoms with Gasteiger partial charge in [-0.1, -0.05) is 66.2 Å². The molecule has 2 aromatic carbocycles. The van der Waals surface area contributed by atoms with Gasteiger partial charge >= 0.3 is 5.97 Å². The average molecular weight is 534 g/mol. The first-order valence-corrected chi connectivity index (χ1v) is 11.5. The van der Waals surface area contributed by atoms with Gasteiger partial charge in [0, 0.05) is 17.2 Å². The van der Waals surface area contributed by atoms with Crippen LogP contribution in [0.2, 0.25) is 5.15 Å². The monoisotopic (exact) mass is 533 g/mol. The van der Waals surface area contributed by atoms with Gasteiger partial charge in [-0.2, -0.15) is 0 Å². The van der Waals surface area contributed by atoms with E-state index in [0.717, 1.165) is 19.2 Å². The van der Waals surface area contributed by atoms with E-state index in [1.165, 1.54) is 25.3 Å². The molecular weight excluding hydrogens is 512 g/mol. The van der Waals surface area contributed by atoms with E-state index in [-0.39, 0.29) is 33.5 Å². The van der Waals surface area contributed by atoms with Crippen LogP contribution in [0, 0.1) is 5.92 Å². The molecule has 5 rings (SSSR count). The molecular formula is C26H22ClF2NO7. The molecule has 1 saturated carbocycles. The Balaban J connectivity index is 1.93. The Kier molecular flexibility index (Phi) is 5.91. The summed E-state index contributed by atoms with van der Waals surface area (Å²) < 4.78 is 43.4. The molecule has 2 heterocycles. The number of halogens is 3. The second-order valence-electron chi connectivity index (χ2n) is 8.92. The summed E-state index contributed by atoms with van der Waals surface area (Å²) in [6.07, 6.45) is -2.79. The number of ether oxygens (including phenoxy) is 3. The van der Waals surface area contributed by atoms with Gasteiger partial charge in [-0.25, -0.2) is 13.8 Å². The lowest BCUT2D eigenvalue weighted by Crippen LogP contribution is -2.65. The average Bonchev–Trinajstić information content (AvgIpc) is 2.97. The van der Waals surface area contributed by atoms with Gasteiger partial charge in [0.25, 0.3) is 6.43 Å². The molecule has 2 bridgehead atoms. The fourth-order valence-electron chi connectivity index (χ4n) is 5.70. The number of alkyl halides is 2. The highest BCUT2D eigenvalue weighted by Crippen LogP contribution is 2.71. The second kappa shape index (κ2) is 8.63. The molecule has 1 fully saturated rings. The number of nitrogens with zero attached hydrogens (tertiary/aromatic N) is 1. The van der Waals surface area contributed by atoms with Gasteiger partial charge in [0.1, 0.15) is 16.8 Å². The summed E-state index contributed by atoms with van der Waals surface area (Å²) in [4.78, 5) is 17.5. The number of rotatable bonds is 5. The summed E-state index contributed by atoms with van der Waals surface area (Å²) in [6.45, 7) is 0. The Labute approximate surface area is 215 Å². The van der Waals surface area contributed by atoms with Crippen molar-refractivity contribution in [1.29, 1.82) is 0 Å². The minimum Gasteiger partial charge on any atom is -0.496 e. The number of aliphatic hydroxyl groups is 3. The standard InChI is InChI=1S/C26H22ClF2NO7/c1-35-16-12-17(27)30-22-19(16)24(32)20(23(31)36-2)18(13-6-4-3-5-7-13)25(37-22,26(24,33)34)15-10-8-14(9-11-15)21(28)29/h3-12,18,20-21,32-34H,1-2H3/t18-,20-,24+,25?/m1/s1. The van der Waals surface area contributed by atoms with Gasteiger partial charge < -0.3 is 29.5 Å². The van der Waals surface area contributed by atoms with Crippen molar-refractivity contribution in [3.05, 3.63) is 88.1 Å². The maximum atomic E-state index is 13.4. The second-order valence-corrected chi connectivity index (χ2v) is 9.30. The summed E-state index contributed by atoms with van der Waals surface area (Å²) in [7, 11) is 2.35. The van der Waals surface area contributed by atoms with Crippen molar-refractivity contribution in [3.63, 3.8) is 0 Å². The van der Waals surface area contributed by atoms with Gasteiger partial charge in [-0.15, -0.1) is 0 Å². The molecule has 4 atom stereocenters. The number of pyridine rings is 1. The van der Waals surface area contributed by atoms with Crippen LogP contribution in [0.1, 0.15) is 34.6 Å². The van der Waals surface area contributed by atoms with Crippen LogP contribution < -0.4 is 9.47 Å². The number of carbonyl (C=O) groups excluding carboxylic acids is 1. The largest absolute Gasteiger partial charge is 0.496 e. The van der Waals surface area contributed by atoms with Gasteiger partial charge in [-0.3, -0.25) is 4.79 Å². The van der Waals surface area contributed by atoms with Crippen LogP contribution >= 0.6 is 11.6 Å². The predicted octanol–water partition coefficient (Wildman–Crippen LogP) is 3.42. The number of benzene rings is 2. The molecule has 0 saturated heterocycles. The third-order valence-corrected chi connectivity index (χ3v) is 7.45. The number of fused-ring (bicyclic) bond motifs is 4. The molecule has 1 aromatic heterocycles. The highest BCUT2D eigenvalue weighted by Gasteiger charge is 2.84. The van der Waals surface area contributed by atoms with E-state index in [1.807, 2.05) is 0 Å². The molecule has 37 heavy (non-hydrogen) atoms. The number of methoxy groups -OCH3 is 2. The number of aromatic nitrogens is 1. The highest BCUT2D eigenvalue weighted by atomic mass is 35.5. The van der Waals surface area contributed by atoms with E-state index < -0.39 is 41.2 Å². The van der Waals surface area contributed by atoms with Gasteiger partial charge in [-0.05, 0) is 5.56 Å². The first-order chi connectivity index (χ1) is 17.5. The fraction of sp³-hybridized carbons (Fsp3) is 0.308. The zero-order valence-electron chi connectivity index (χ0n) is 19.6. The fourth-order valence-corrected chi connectivity index (χ4v) is 5.88. The molecule has 1 aliphatic carbocycles. The first-order valence-electron chi connectivity index (χ1n) is 11.2. The number of carbonyl (C=O) groups is 1. The van der Waals surface area contributed by atoms with Crippen LogP contribution in [0.15, 0.2) is 60.7 Å². The Bertz CT molecular complexity index is 1360. The molecule has 1 unspecified atom stereocenters. The van der Waals surface area contributed by atoms with Crippen LogP contribution in [-0.2, 0) is 20.7 Å². The highest BCUT2D eigenvalue weighted by molar-refractivity contribution is 6.29. The molecule has 0 radical (unpaired) electrons. The third-order valence-electron chi connectivity index (χ3n) is 7.25. The minimum atomic E-state index is -3.23. The molecule has 8 nitrogen and oxygen atoms in total. The zero-order chi connectivity index (χ0) is 26.8. The van der Waals surface area contributed by atoms with Crippen molar-refractivity contribution in [3.8, 4) is 11.6 Å². The van der Waals surface area contributed by atoms with Crippen LogP contribution in [0.4, 0.5) is 8.78 Å². The summed E-state index contributed by atoms with van der Waals surface area (Å²) in [5, 5.41) is 36.0. The maximum absolute atomic E-state index is 13.4. The van der Waals surface area contributed by atoms with Crippen molar-refractivity contribution in [1.82, 2.24) is 4.98 Å². The zero-order valence-corrected chi connectivity index (χ0v) is 20.3. The van der Waals surface area contributed by atoms with Crippen molar-refractivity contribution < 1.29 is 43.1 Å². The van der Waals surface area contributed by atoms with Gasteiger partial charge in [0.2, 0.25) is 11.7 Å².